The third-order valence-electron chi connectivity index (χ3n) is 4.23. The molecule has 5 nitrogen and oxygen atoms in total. The molecule has 5 heteroatoms. The minimum Gasteiger partial charge on any atom is -0.478 e. The van der Waals surface area contributed by atoms with E-state index < -0.39 is 5.97 Å². The van der Waals surface area contributed by atoms with E-state index >= 15 is 0 Å². The van der Waals surface area contributed by atoms with E-state index in [2.05, 4.69) is 11.8 Å². The Kier molecular flexibility index (Phi) is 4.63. The van der Waals surface area contributed by atoms with Gasteiger partial charge in [-0.05, 0) is 45.1 Å². The highest BCUT2D eigenvalue weighted by molar-refractivity contribution is 5.88. The lowest BCUT2D eigenvalue weighted by Gasteiger charge is -2.28. The van der Waals surface area contributed by atoms with E-state index in [1.165, 1.54) is 6.07 Å². The van der Waals surface area contributed by atoms with Crippen molar-refractivity contribution in [2.45, 2.75) is 31.8 Å². The lowest BCUT2D eigenvalue weighted by Crippen LogP contribution is -2.42. The predicted octanol–water partition coefficient (Wildman–Crippen LogP) is 1.48. The molecule has 0 spiro atoms. The molecule has 114 valence electrons. The maximum atomic E-state index is 12.4. The van der Waals surface area contributed by atoms with Crippen molar-refractivity contribution < 1.29 is 14.7 Å². The molecule has 2 atom stereocenters. The van der Waals surface area contributed by atoms with E-state index in [9.17, 15) is 9.59 Å². The monoisotopic (exact) mass is 290 g/mol. The molecule has 1 heterocycles. The highest BCUT2D eigenvalue weighted by atomic mass is 16.4. The van der Waals surface area contributed by atoms with E-state index in [4.69, 9.17) is 5.11 Å². The highest BCUT2D eigenvalue weighted by Crippen LogP contribution is 2.22. The van der Waals surface area contributed by atoms with Crippen LogP contribution in [0.2, 0.25) is 0 Å². The first-order valence-corrected chi connectivity index (χ1v) is 7.18. The molecule has 1 aliphatic heterocycles. The van der Waals surface area contributed by atoms with Crippen LogP contribution in [0.1, 0.15) is 29.3 Å². The Morgan fingerprint density at radius 2 is 2.10 bits per heavy atom. The molecule has 1 fully saturated rings. The van der Waals surface area contributed by atoms with Gasteiger partial charge in [-0.1, -0.05) is 12.1 Å². The van der Waals surface area contributed by atoms with Crippen molar-refractivity contribution >= 4 is 11.9 Å². The van der Waals surface area contributed by atoms with Gasteiger partial charge in [0.25, 0.3) is 0 Å². The fourth-order valence-electron chi connectivity index (χ4n) is 3.06. The van der Waals surface area contributed by atoms with Crippen LogP contribution in [0, 0.1) is 0 Å². The zero-order chi connectivity index (χ0) is 15.6. The molecule has 0 saturated carbocycles. The quantitative estimate of drug-likeness (QED) is 0.912. The number of hydrogen-bond donors (Lipinski definition) is 1. The minimum absolute atomic E-state index is 0.0642. The normalized spacial score (nSPS) is 21.8. The topological polar surface area (TPSA) is 60.9 Å². The summed E-state index contributed by atoms with van der Waals surface area (Å²) in [6.45, 7) is 2.84. The number of carboxylic acid groups (broad SMARTS) is 1. The van der Waals surface area contributed by atoms with Crippen LogP contribution >= 0.6 is 0 Å². The minimum atomic E-state index is -0.966. The smallest absolute Gasteiger partial charge is 0.335 e. The molecule has 1 saturated heterocycles. The summed E-state index contributed by atoms with van der Waals surface area (Å²) in [6, 6.07) is 7.17. The molecule has 2 rings (SSSR count). The van der Waals surface area contributed by atoms with Crippen molar-refractivity contribution in [3.05, 3.63) is 35.4 Å². The van der Waals surface area contributed by atoms with Crippen molar-refractivity contribution in [2.24, 2.45) is 0 Å². The number of benzene rings is 1. The van der Waals surface area contributed by atoms with Gasteiger partial charge in [0.15, 0.2) is 0 Å². The third kappa shape index (κ3) is 3.42. The molecule has 1 aromatic rings. The van der Waals surface area contributed by atoms with E-state index in [1.54, 1.807) is 18.2 Å². The standard InChI is InChI=1S/C16H22N2O3/c1-11-14(17(2)3)7-8-18(11)15(19)10-12-5-4-6-13(9-12)16(20)21/h4-6,9,11,14H,7-8,10H2,1-3H3,(H,20,21). The summed E-state index contributed by atoms with van der Waals surface area (Å²) in [6.07, 6.45) is 1.24. The molecule has 1 N–H and O–H groups in total. The van der Waals surface area contributed by atoms with Gasteiger partial charge in [-0.3, -0.25) is 4.79 Å². The summed E-state index contributed by atoms with van der Waals surface area (Å²) in [7, 11) is 4.07. The lowest BCUT2D eigenvalue weighted by atomic mass is 10.1. The number of carbonyl (C=O) groups is 2. The molecule has 0 aromatic heterocycles. The van der Waals surface area contributed by atoms with Gasteiger partial charge < -0.3 is 14.9 Å². The SMILES string of the molecule is CC1C(N(C)C)CCN1C(=O)Cc1cccc(C(=O)O)c1. The average Bonchev–Trinajstić information content (AvgIpc) is 2.81. The van der Waals surface area contributed by atoms with E-state index in [0.717, 1.165) is 18.5 Å². The number of rotatable bonds is 4. The van der Waals surface area contributed by atoms with Crippen LogP contribution in [0.5, 0.6) is 0 Å². The van der Waals surface area contributed by atoms with Crippen molar-refractivity contribution in [3.63, 3.8) is 0 Å². The van der Waals surface area contributed by atoms with Crippen molar-refractivity contribution in [1.82, 2.24) is 9.80 Å². The summed E-state index contributed by atoms with van der Waals surface area (Å²) in [5.41, 5.74) is 0.973. The van der Waals surface area contributed by atoms with Gasteiger partial charge in [-0.15, -0.1) is 0 Å². The Labute approximate surface area is 125 Å². The number of likely N-dealkylation sites (tertiary alicyclic amines) is 1. The Hall–Kier alpha value is -1.88. The fraction of sp³-hybridized carbons (Fsp3) is 0.500. The molecule has 1 aliphatic rings. The summed E-state index contributed by atoms with van der Waals surface area (Å²) >= 11 is 0. The predicted molar refractivity (Wildman–Crippen MR) is 80.4 cm³/mol. The van der Waals surface area contributed by atoms with Gasteiger partial charge in [0, 0.05) is 18.6 Å². The average molecular weight is 290 g/mol. The maximum absolute atomic E-state index is 12.4. The summed E-state index contributed by atoms with van der Waals surface area (Å²) in [5.74, 6) is -0.902. The summed E-state index contributed by atoms with van der Waals surface area (Å²) in [4.78, 5) is 27.5. The number of aromatic carboxylic acids is 1. The molecular formula is C16H22N2O3. The second-order valence-corrected chi connectivity index (χ2v) is 5.83. The van der Waals surface area contributed by atoms with Gasteiger partial charge in [-0.25, -0.2) is 4.79 Å². The van der Waals surface area contributed by atoms with E-state index in [-0.39, 0.29) is 23.9 Å². The van der Waals surface area contributed by atoms with Gasteiger partial charge in [-0.2, -0.15) is 0 Å². The molecule has 0 aliphatic carbocycles. The van der Waals surface area contributed by atoms with Crippen LogP contribution in [0.15, 0.2) is 24.3 Å². The fourth-order valence-corrected chi connectivity index (χ4v) is 3.06. The van der Waals surface area contributed by atoms with Crippen molar-refractivity contribution in [3.8, 4) is 0 Å². The largest absolute Gasteiger partial charge is 0.478 e. The maximum Gasteiger partial charge on any atom is 0.335 e. The zero-order valence-electron chi connectivity index (χ0n) is 12.7. The van der Waals surface area contributed by atoms with Crippen molar-refractivity contribution in [1.29, 1.82) is 0 Å². The zero-order valence-corrected chi connectivity index (χ0v) is 12.7. The van der Waals surface area contributed by atoms with Gasteiger partial charge in [0.2, 0.25) is 5.91 Å². The molecule has 0 radical (unpaired) electrons. The molecule has 2 unspecified atom stereocenters. The first kappa shape index (κ1) is 15.5. The van der Waals surface area contributed by atoms with E-state index in [1.807, 2.05) is 19.0 Å². The van der Waals surface area contributed by atoms with Crippen LogP contribution in [0.4, 0.5) is 0 Å². The summed E-state index contributed by atoms with van der Waals surface area (Å²) in [5, 5.41) is 8.99. The van der Waals surface area contributed by atoms with Crippen LogP contribution in [-0.2, 0) is 11.2 Å². The number of hydrogen-bond acceptors (Lipinski definition) is 3. The third-order valence-corrected chi connectivity index (χ3v) is 4.23. The molecule has 21 heavy (non-hydrogen) atoms. The van der Waals surface area contributed by atoms with Crippen LogP contribution in [-0.4, -0.2) is 59.5 Å². The summed E-state index contributed by atoms with van der Waals surface area (Å²) < 4.78 is 0. The number of carboxylic acids is 1. The lowest BCUT2D eigenvalue weighted by molar-refractivity contribution is -0.131. The van der Waals surface area contributed by atoms with E-state index in [0.29, 0.717) is 6.04 Å². The van der Waals surface area contributed by atoms with Crippen LogP contribution < -0.4 is 0 Å². The van der Waals surface area contributed by atoms with Crippen LogP contribution in [0.3, 0.4) is 0 Å². The first-order chi connectivity index (χ1) is 9.90. The molecular weight excluding hydrogens is 268 g/mol. The Morgan fingerprint density at radius 1 is 1.38 bits per heavy atom. The van der Waals surface area contributed by atoms with Gasteiger partial charge >= 0.3 is 5.97 Å². The Morgan fingerprint density at radius 3 is 2.67 bits per heavy atom. The highest BCUT2D eigenvalue weighted by Gasteiger charge is 2.34. The number of likely N-dealkylation sites (N-methyl/N-ethyl adjacent to an activating group) is 1. The molecule has 1 aromatic carbocycles. The Balaban J connectivity index is 2.05. The van der Waals surface area contributed by atoms with Gasteiger partial charge in [0.05, 0.1) is 12.0 Å². The first-order valence-electron chi connectivity index (χ1n) is 7.18. The van der Waals surface area contributed by atoms with Crippen molar-refractivity contribution in [2.75, 3.05) is 20.6 Å². The second-order valence-electron chi connectivity index (χ2n) is 5.83. The number of carbonyl (C=O) groups excluding carboxylic acids is 1. The second kappa shape index (κ2) is 6.26. The molecule has 1 amide bonds. The number of amides is 1. The number of nitrogens with zero attached hydrogens (tertiary/aromatic N) is 2. The van der Waals surface area contributed by atoms with Crippen LogP contribution in [0.25, 0.3) is 0 Å². The molecule has 0 bridgehead atoms. The van der Waals surface area contributed by atoms with Gasteiger partial charge in [0.1, 0.15) is 0 Å². The Bertz CT molecular complexity index is 542.